The van der Waals surface area contributed by atoms with Gasteiger partial charge in [0.15, 0.2) is 11.6 Å². The van der Waals surface area contributed by atoms with Gasteiger partial charge in [0.25, 0.3) is 5.91 Å². The van der Waals surface area contributed by atoms with Crippen molar-refractivity contribution in [2.75, 3.05) is 7.05 Å². The molecule has 4 aromatic rings. The van der Waals surface area contributed by atoms with Gasteiger partial charge >= 0.3 is 15.6 Å². The zero-order valence-corrected chi connectivity index (χ0v) is 18.8. The Kier molecular flexibility index (Phi) is 6.35. The fourth-order valence-corrected chi connectivity index (χ4v) is 3.68. The maximum Gasteiger partial charge on any atom is 0.534 e. The Morgan fingerprint density at radius 1 is 0.917 bits per heavy atom. The molecule has 1 aromatic heterocycles. The summed E-state index contributed by atoms with van der Waals surface area (Å²) in [6.45, 7) is 0. The van der Waals surface area contributed by atoms with Crippen molar-refractivity contribution in [1.29, 1.82) is 0 Å². The molecule has 0 aliphatic carbocycles. The molecule has 0 saturated carbocycles. The van der Waals surface area contributed by atoms with Crippen LogP contribution in [-0.4, -0.2) is 26.9 Å². The van der Waals surface area contributed by atoms with E-state index in [9.17, 15) is 30.8 Å². The third kappa shape index (κ3) is 4.69. The molecule has 1 N–H and O–H groups in total. The topological polar surface area (TPSA) is 94.8 Å². The highest BCUT2D eigenvalue weighted by Crippen LogP contribution is 2.39. The van der Waals surface area contributed by atoms with E-state index in [1.54, 1.807) is 0 Å². The predicted molar refractivity (Wildman–Crippen MR) is 117 cm³/mol. The van der Waals surface area contributed by atoms with Crippen molar-refractivity contribution in [2.24, 2.45) is 0 Å². The van der Waals surface area contributed by atoms with E-state index in [1.807, 2.05) is 0 Å². The zero-order valence-electron chi connectivity index (χ0n) is 18.0. The molecule has 13 heteroatoms. The minimum Gasteiger partial charge on any atom is -0.457 e. The number of nitrogens with one attached hydrogen (secondary N) is 1. The van der Waals surface area contributed by atoms with Crippen LogP contribution in [0.25, 0.3) is 22.3 Å². The van der Waals surface area contributed by atoms with Gasteiger partial charge in [-0.25, -0.2) is 8.78 Å². The lowest BCUT2D eigenvalue weighted by atomic mass is 10.0. The molecule has 0 saturated heterocycles. The minimum absolute atomic E-state index is 0.146. The fourth-order valence-electron chi connectivity index (χ4n) is 3.22. The van der Waals surface area contributed by atoms with Gasteiger partial charge in [0.1, 0.15) is 28.7 Å². The quantitative estimate of drug-likeness (QED) is 0.195. The molecule has 0 spiro atoms. The van der Waals surface area contributed by atoms with E-state index >= 15 is 4.39 Å². The second-order valence-corrected chi connectivity index (χ2v) is 8.74. The summed E-state index contributed by atoms with van der Waals surface area (Å²) in [4.78, 5) is 12.6. The van der Waals surface area contributed by atoms with Gasteiger partial charge in [-0.1, -0.05) is 0 Å². The van der Waals surface area contributed by atoms with E-state index in [1.165, 1.54) is 55.6 Å². The fraction of sp³-hybridized carbons (Fsp3) is 0.0870. The van der Waals surface area contributed by atoms with Gasteiger partial charge < -0.3 is 18.7 Å². The van der Waals surface area contributed by atoms with Crippen LogP contribution >= 0.6 is 0 Å². The second-order valence-electron chi connectivity index (χ2n) is 7.20. The van der Waals surface area contributed by atoms with Crippen molar-refractivity contribution in [2.45, 2.75) is 5.51 Å². The van der Waals surface area contributed by atoms with Crippen LogP contribution in [0.15, 0.2) is 65.1 Å². The van der Waals surface area contributed by atoms with E-state index in [-0.39, 0.29) is 16.9 Å². The molecule has 3 aromatic carbocycles. The van der Waals surface area contributed by atoms with Crippen molar-refractivity contribution in [3.05, 3.63) is 77.9 Å². The maximum absolute atomic E-state index is 15.2. The maximum atomic E-state index is 15.2. The lowest BCUT2D eigenvalue weighted by Crippen LogP contribution is -2.28. The summed E-state index contributed by atoms with van der Waals surface area (Å²) in [5, 5.41) is 1.70. The Morgan fingerprint density at radius 3 is 2.06 bits per heavy atom. The molecule has 0 aliphatic heterocycles. The molecule has 36 heavy (non-hydrogen) atoms. The van der Waals surface area contributed by atoms with Crippen LogP contribution in [0.5, 0.6) is 17.2 Å². The molecule has 188 valence electrons. The summed E-state index contributed by atoms with van der Waals surface area (Å²) in [6.07, 6.45) is 0. The number of fused-ring (bicyclic) bond motifs is 1. The molecule has 4 rings (SSSR count). The van der Waals surface area contributed by atoms with E-state index < -0.39 is 49.9 Å². The van der Waals surface area contributed by atoms with Crippen molar-refractivity contribution in [3.8, 4) is 28.6 Å². The van der Waals surface area contributed by atoms with Crippen molar-refractivity contribution in [1.82, 2.24) is 5.32 Å². The number of halogens is 5. The Balaban J connectivity index is 1.77. The molecular weight excluding hydrogens is 513 g/mol. The number of carbonyl (C=O) groups is 1. The number of furan rings is 1. The van der Waals surface area contributed by atoms with Crippen LogP contribution < -0.4 is 14.2 Å². The van der Waals surface area contributed by atoms with Gasteiger partial charge in [0, 0.05) is 12.6 Å². The lowest BCUT2D eigenvalue weighted by molar-refractivity contribution is -0.0500. The molecular formula is C23H14F5NO6S. The number of ether oxygens (including phenoxy) is 1. The summed E-state index contributed by atoms with van der Waals surface area (Å²) in [5.41, 5.74) is -6.17. The molecule has 0 unspecified atom stereocenters. The minimum atomic E-state index is -6.16. The van der Waals surface area contributed by atoms with Gasteiger partial charge in [-0.05, 0) is 60.7 Å². The van der Waals surface area contributed by atoms with Crippen molar-refractivity contribution < 1.29 is 48.5 Å². The standard InChI is InChI=1S/C23H14F5NO6S/c1-29-22(30)19-18-16(10-11-17(20(18)25)35-36(31,32)23(26,27)28)34-21(19)12-2-6-14(7-3-12)33-15-8-4-13(24)5-9-15/h2-11H,1H3,(H,29,30). The van der Waals surface area contributed by atoms with Gasteiger partial charge in [-0.15, -0.1) is 0 Å². The zero-order chi connectivity index (χ0) is 26.3. The third-order valence-corrected chi connectivity index (χ3v) is 5.83. The van der Waals surface area contributed by atoms with Gasteiger partial charge in [0.05, 0.1) is 10.9 Å². The molecule has 0 bridgehead atoms. The summed E-state index contributed by atoms with van der Waals surface area (Å²) in [5.74, 6) is -3.56. The smallest absolute Gasteiger partial charge is 0.457 e. The van der Waals surface area contributed by atoms with Crippen LogP contribution in [0.1, 0.15) is 10.4 Å². The summed E-state index contributed by atoms with van der Waals surface area (Å²) in [7, 11) is -4.93. The van der Waals surface area contributed by atoms with Crippen molar-refractivity contribution >= 4 is 27.0 Å². The molecule has 1 heterocycles. The number of rotatable bonds is 6. The number of benzene rings is 3. The first-order valence-corrected chi connectivity index (χ1v) is 11.3. The first-order valence-electron chi connectivity index (χ1n) is 9.93. The second kappa shape index (κ2) is 9.15. The van der Waals surface area contributed by atoms with E-state index in [4.69, 9.17) is 9.15 Å². The molecule has 0 atom stereocenters. The number of carbonyl (C=O) groups excluding carboxylic acids is 1. The SMILES string of the molecule is CNC(=O)c1c(-c2ccc(Oc3ccc(F)cc3)cc2)oc2ccc(OS(=O)(=O)C(F)(F)F)c(F)c12. The highest BCUT2D eigenvalue weighted by atomic mass is 32.2. The number of hydrogen-bond acceptors (Lipinski definition) is 6. The van der Waals surface area contributed by atoms with E-state index in [0.717, 1.165) is 6.07 Å². The predicted octanol–water partition coefficient (Wildman–Crippen LogP) is 5.76. The number of hydrogen-bond donors (Lipinski definition) is 1. The van der Waals surface area contributed by atoms with Crippen molar-refractivity contribution in [3.63, 3.8) is 0 Å². The number of alkyl halides is 3. The van der Waals surface area contributed by atoms with Gasteiger partial charge in [-0.2, -0.15) is 21.6 Å². The van der Waals surface area contributed by atoms with Crippen LogP contribution in [0.2, 0.25) is 0 Å². The van der Waals surface area contributed by atoms with Crippen LogP contribution in [0.3, 0.4) is 0 Å². The monoisotopic (exact) mass is 527 g/mol. The van der Waals surface area contributed by atoms with E-state index in [0.29, 0.717) is 17.6 Å². The van der Waals surface area contributed by atoms with E-state index in [2.05, 4.69) is 9.50 Å². The molecule has 7 nitrogen and oxygen atoms in total. The first kappa shape index (κ1) is 25.0. The highest BCUT2D eigenvalue weighted by molar-refractivity contribution is 7.88. The lowest BCUT2D eigenvalue weighted by Gasteiger charge is -2.10. The van der Waals surface area contributed by atoms with Crippen LogP contribution in [0.4, 0.5) is 22.0 Å². The highest BCUT2D eigenvalue weighted by Gasteiger charge is 2.49. The Labute approximate surface area is 200 Å². The van der Waals surface area contributed by atoms with Gasteiger partial charge in [0.2, 0.25) is 0 Å². The molecule has 0 fully saturated rings. The Bertz CT molecular complexity index is 1550. The van der Waals surface area contributed by atoms with Crippen LogP contribution in [-0.2, 0) is 10.1 Å². The molecule has 0 aliphatic rings. The average Bonchev–Trinajstić information content (AvgIpc) is 3.22. The van der Waals surface area contributed by atoms with Crippen LogP contribution in [0, 0.1) is 11.6 Å². The number of amides is 1. The molecule has 1 amide bonds. The van der Waals surface area contributed by atoms with Gasteiger partial charge in [-0.3, -0.25) is 4.79 Å². The largest absolute Gasteiger partial charge is 0.534 e. The summed E-state index contributed by atoms with van der Waals surface area (Å²) >= 11 is 0. The Morgan fingerprint density at radius 2 is 1.50 bits per heavy atom. The summed E-state index contributed by atoms with van der Waals surface area (Å²) < 4.78 is 104. The Hall–Kier alpha value is -4.13. The first-order chi connectivity index (χ1) is 16.9. The molecule has 0 radical (unpaired) electrons. The average molecular weight is 527 g/mol. The third-order valence-electron chi connectivity index (χ3n) is 4.86. The summed E-state index contributed by atoms with van der Waals surface area (Å²) in [6, 6.07) is 12.8. The normalized spacial score (nSPS) is 11.9.